The second-order valence-corrected chi connectivity index (χ2v) is 5.82. The first-order chi connectivity index (χ1) is 9.99. The minimum absolute atomic E-state index is 0.0581. The Morgan fingerprint density at radius 3 is 2.86 bits per heavy atom. The van der Waals surface area contributed by atoms with Gasteiger partial charge < -0.3 is 20.3 Å². The molecule has 1 aliphatic rings. The fraction of sp³-hybridized carbons (Fsp3) is 0.562. The second kappa shape index (κ2) is 6.91. The molecule has 1 aromatic rings. The van der Waals surface area contributed by atoms with Gasteiger partial charge in [0.1, 0.15) is 5.75 Å². The van der Waals surface area contributed by atoms with Gasteiger partial charge in [0.05, 0.1) is 18.7 Å². The van der Waals surface area contributed by atoms with Gasteiger partial charge in [-0.3, -0.25) is 4.79 Å². The first kappa shape index (κ1) is 15.8. The first-order valence-corrected chi connectivity index (χ1v) is 7.46. The van der Waals surface area contributed by atoms with Crippen LogP contribution in [0, 0.1) is 0 Å². The molecule has 116 valence electrons. The molecule has 2 rings (SSSR count). The van der Waals surface area contributed by atoms with Crippen molar-refractivity contribution in [3.05, 3.63) is 23.8 Å². The van der Waals surface area contributed by atoms with Crippen molar-refractivity contribution in [1.82, 2.24) is 4.90 Å². The smallest absolute Gasteiger partial charge is 0.230 e. The molecule has 0 aliphatic carbocycles. The van der Waals surface area contributed by atoms with Crippen LogP contribution in [-0.2, 0) is 4.79 Å². The average Bonchev–Trinajstić information content (AvgIpc) is 2.57. The predicted octanol–water partition coefficient (Wildman–Crippen LogP) is 1.77. The SMILES string of the molecule is CC(N)c1ccc2c(c1)N(CCCN(C)C)C(=O)CCO2. The first-order valence-electron chi connectivity index (χ1n) is 7.46. The molecule has 0 spiro atoms. The topological polar surface area (TPSA) is 58.8 Å². The van der Waals surface area contributed by atoms with E-state index >= 15 is 0 Å². The summed E-state index contributed by atoms with van der Waals surface area (Å²) in [6.07, 6.45) is 1.35. The van der Waals surface area contributed by atoms with Crippen molar-refractivity contribution in [2.24, 2.45) is 5.73 Å². The molecule has 0 saturated heterocycles. The Balaban J connectivity index is 2.25. The molecular weight excluding hydrogens is 266 g/mol. The van der Waals surface area contributed by atoms with E-state index < -0.39 is 0 Å². The molecular formula is C16H25N3O2. The maximum absolute atomic E-state index is 12.3. The highest BCUT2D eigenvalue weighted by atomic mass is 16.5. The van der Waals surface area contributed by atoms with Crippen LogP contribution >= 0.6 is 0 Å². The van der Waals surface area contributed by atoms with Crippen LogP contribution < -0.4 is 15.4 Å². The van der Waals surface area contributed by atoms with Gasteiger partial charge in [-0.05, 0) is 51.7 Å². The van der Waals surface area contributed by atoms with E-state index in [2.05, 4.69) is 4.90 Å². The predicted molar refractivity (Wildman–Crippen MR) is 84.7 cm³/mol. The van der Waals surface area contributed by atoms with Crippen molar-refractivity contribution in [3.63, 3.8) is 0 Å². The average molecular weight is 291 g/mol. The lowest BCUT2D eigenvalue weighted by atomic mass is 10.1. The molecule has 0 saturated carbocycles. The van der Waals surface area contributed by atoms with Gasteiger partial charge in [-0.15, -0.1) is 0 Å². The molecule has 1 amide bonds. The van der Waals surface area contributed by atoms with Gasteiger partial charge in [-0.1, -0.05) is 6.07 Å². The zero-order chi connectivity index (χ0) is 15.4. The Kier molecular flexibility index (Phi) is 5.20. The number of carbonyl (C=O) groups excluding carboxylic acids is 1. The van der Waals surface area contributed by atoms with Crippen LogP contribution in [0.25, 0.3) is 0 Å². The number of ether oxygens (including phenoxy) is 1. The zero-order valence-corrected chi connectivity index (χ0v) is 13.1. The zero-order valence-electron chi connectivity index (χ0n) is 13.1. The van der Waals surface area contributed by atoms with E-state index in [1.165, 1.54) is 0 Å². The molecule has 5 nitrogen and oxygen atoms in total. The molecule has 0 fully saturated rings. The van der Waals surface area contributed by atoms with Crippen LogP contribution in [0.5, 0.6) is 5.75 Å². The number of benzene rings is 1. The number of hydrogen-bond donors (Lipinski definition) is 1. The highest BCUT2D eigenvalue weighted by Gasteiger charge is 2.23. The summed E-state index contributed by atoms with van der Waals surface area (Å²) in [4.78, 5) is 16.3. The number of amides is 1. The van der Waals surface area contributed by atoms with Gasteiger partial charge in [0.15, 0.2) is 0 Å². The largest absolute Gasteiger partial charge is 0.491 e. The molecule has 0 aromatic heterocycles. The highest BCUT2D eigenvalue weighted by Crippen LogP contribution is 2.33. The Morgan fingerprint density at radius 2 is 2.19 bits per heavy atom. The van der Waals surface area contributed by atoms with Gasteiger partial charge in [0.2, 0.25) is 5.91 Å². The lowest BCUT2D eigenvalue weighted by molar-refractivity contribution is -0.118. The highest BCUT2D eigenvalue weighted by molar-refractivity contribution is 5.95. The van der Waals surface area contributed by atoms with Crippen LogP contribution in [-0.4, -0.2) is 44.6 Å². The minimum Gasteiger partial charge on any atom is -0.491 e. The molecule has 1 heterocycles. The van der Waals surface area contributed by atoms with Crippen molar-refractivity contribution < 1.29 is 9.53 Å². The summed E-state index contributed by atoms with van der Waals surface area (Å²) in [5.41, 5.74) is 7.83. The minimum atomic E-state index is -0.0581. The van der Waals surface area contributed by atoms with E-state index in [9.17, 15) is 4.79 Å². The molecule has 0 bridgehead atoms. The number of fused-ring (bicyclic) bond motifs is 1. The number of anilines is 1. The van der Waals surface area contributed by atoms with Gasteiger partial charge >= 0.3 is 0 Å². The summed E-state index contributed by atoms with van der Waals surface area (Å²) >= 11 is 0. The molecule has 2 N–H and O–H groups in total. The quantitative estimate of drug-likeness (QED) is 0.898. The molecule has 1 unspecified atom stereocenters. The molecule has 0 radical (unpaired) electrons. The van der Waals surface area contributed by atoms with Crippen LogP contribution in [0.1, 0.15) is 31.4 Å². The van der Waals surface area contributed by atoms with Crippen molar-refractivity contribution in [2.75, 3.05) is 38.7 Å². The van der Waals surface area contributed by atoms with E-state index in [1.54, 1.807) is 0 Å². The number of nitrogens with two attached hydrogens (primary N) is 1. The van der Waals surface area contributed by atoms with Gasteiger partial charge in [0.25, 0.3) is 0 Å². The van der Waals surface area contributed by atoms with E-state index in [-0.39, 0.29) is 11.9 Å². The third-order valence-electron chi connectivity index (χ3n) is 3.66. The number of nitrogens with zero attached hydrogens (tertiary/aromatic N) is 2. The summed E-state index contributed by atoms with van der Waals surface area (Å²) in [5, 5.41) is 0. The molecule has 1 aliphatic heterocycles. The van der Waals surface area contributed by atoms with E-state index in [1.807, 2.05) is 44.1 Å². The van der Waals surface area contributed by atoms with Gasteiger partial charge in [-0.2, -0.15) is 0 Å². The normalized spacial score (nSPS) is 16.4. The van der Waals surface area contributed by atoms with Crippen molar-refractivity contribution in [1.29, 1.82) is 0 Å². The molecule has 21 heavy (non-hydrogen) atoms. The third kappa shape index (κ3) is 3.95. The van der Waals surface area contributed by atoms with Crippen molar-refractivity contribution in [2.45, 2.75) is 25.8 Å². The van der Waals surface area contributed by atoms with Crippen LogP contribution in [0.2, 0.25) is 0 Å². The lowest BCUT2D eigenvalue weighted by Gasteiger charge is -2.24. The summed E-state index contributed by atoms with van der Waals surface area (Å²) in [6.45, 7) is 4.04. The maximum Gasteiger partial charge on any atom is 0.230 e. The third-order valence-corrected chi connectivity index (χ3v) is 3.66. The van der Waals surface area contributed by atoms with E-state index in [0.717, 1.165) is 30.0 Å². The molecule has 5 heteroatoms. The second-order valence-electron chi connectivity index (χ2n) is 5.82. The standard InChI is InChI=1S/C16H25N3O2/c1-12(17)13-5-6-15-14(11-13)19(9-4-8-18(2)3)16(20)7-10-21-15/h5-6,11-12H,4,7-10,17H2,1-3H3. The Morgan fingerprint density at radius 1 is 1.43 bits per heavy atom. The van der Waals surface area contributed by atoms with Gasteiger partial charge in [0, 0.05) is 12.6 Å². The summed E-state index contributed by atoms with van der Waals surface area (Å²) in [7, 11) is 4.07. The fourth-order valence-corrected chi connectivity index (χ4v) is 2.46. The monoisotopic (exact) mass is 291 g/mol. The fourth-order valence-electron chi connectivity index (χ4n) is 2.46. The summed E-state index contributed by atoms with van der Waals surface area (Å²) in [5.74, 6) is 0.893. The number of hydrogen-bond acceptors (Lipinski definition) is 4. The molecule has 1 aromatic carbocycles. The molecule has 1 atom stereocenters. The summed E-state index contributed by atoms with van der Waals surface area (Å²) in [6, 6.07) is 5.82. The Hall–Kier alpha value is -1.59. The number of rotatable bonds is 5. The van der Waals surface area contributed by atoms with E-state index in [0.29, 0.717) is 19.6 Å². The van der Waals surface area contributed by atoms with Crippen LogP contribution in [0.3, 0.4) is 0 Å². The van der Waals surface area contributed by atoms with Crippen LogP contribution in [0.4, 0.5) is 5.69 Å². The van der Waals surface area contributed by atoms with Crippen molar-refractivity contribution >= 4 is 11.6 Å². The Labute approximate surface area is 126 Å². The van der Waals surface area contributed by atoms with E-state index in [4.69, 9.17) is 10.5 Å². The van der Waals surface area contributed by atoms with Crippen molar-refractivity contribution in [3.8, 4) is 5.75 Å². The number of carbonyl (C=O) groups is 1. The lowest BCUT2D eigenvalue weighted by Crippen LogP contribution is -2.33. The maximum atomic E-state index is 12.3. The van der Waals surface area contributed by atoms with Crippen LogP contribution in [0.15, 0.2) is 18.2 Å². The van der Waals surface area contributed by atoms with Gasteiger partial charge in [-0.25, -0.2) is 0 Å². The summed E-state index contributed by atoms with van der Waals surface area (Å²) < 4.78 is 5.70. The Bertz CT molecular complexity index is 500.